The van der Waals surface area contributed by atoms with Gasteiger partial charge in [0.2, 0.25) is 0 Å². The molecule has 0 bridgehead atoms. The molecule has 84 valence electrons. The number of hydrogen-bond donors (Lipinski definition) is 2. The van der Waals surface area contributed by atoms with Crippen molar-refractivity contribution in [3.8, 4) is 0 Å². The highest BCUT2D eigenvalue weighted by molar-refractivity contribution is 5.39. The fraction of sp³-hybridized carbons (Fsp3) is 0.583. The lowest BCUT2D eigenvalue weighted by Gasteiger charge is -2.25. The smallest absolute Gasteiger partial charge is 0.126 e. The van der Waals surface area contributed by atoms with Crippen LogP contribution in [-0.2, 0) is 6.42 Å². The number of nitrogen functional groups attached to an aromatic ring is 1. The van der Waals surface area contributed by atoms with Crippen LogP contribution in [0.3, 0.4) is 0 Å². The van der Waals surface area contributed by atoms with Gasteiger partial charge in [-0.3, -0.25) is 0 Å². The Hall–Kier alpha value is -1.09. The molecule has 3 nitrogen and oxygen atoms in total. The summed E-state index contributed by atoms with van der Waals surface area (Å²) in [6, 6.07) is 3.76. The summed E-state index contributed by atoms with van der Waals surface area (Å²) >= 11 is 0. The molecule has 0 saturated carbocycles. The first-order valence-electron chi connectivity index (χ1n) is 5.32. The van der Waals surface area contributed by atoms with Gasteiger partial charge < -0.3 is 10.8 Å². The Morgan fingerprint density at radius 1 is 1.53 bits per heavy atom. The van der Waals surface area contributed by atoms with Crippen molar-refractivity contribution >= 4 is 5.82 Å². The first-order valence-corrected chi connectivity index (χ1v) is 5.32. The molecule has 3 N–H and O–H groups in total. The van der Waals surface area contributed by atoms with Crippen molar-refractivity contribution in [3.05, 3.63) is 23.9 Å². The van der Waals surface area contributed by atoms with Crippen molar-refractivity contribution in [3.63, 3.8) is 0 Å². The molecule has 0 aliphatic heterocycles. The van der Waals surface area contributed by atoms with Crippen molar-refractivity contribution in [2.45, 2.75) is 39.2 Å². The first kappa shape index (κ1) is 12.0. The van der Waals surface area contributed by atoms with Gasteiger partial charge in [-0.1, -0.05) is 19.9 Å². The minimum atomic E-state index is -0.703. The van der Waals surface area contributed by atoms with Crippen LogP contribution in [0, 0.1) is 5.92 Å². The molecule has 1 heterocycles. The van der Waals surface area contributed by atoms with E-state index in [-0.39, 0.29) is 0 Å². The lowest BCUT2D eigenvalue weighted by molar-refractivity contribution is 0.0389. The number of aromatic nitrogens is 1. The summed E-state index contributed by atoms with van der Waals surface area (Å²) in [4.78, 5) is 4.01. The molecule has 3 heteroatoms. The van der Waals surface area contributed by atoms with E-state index >= 15 is 0 Å². The first-order chi connectivity index (χ1) is 6.91. The van der Waals surface area contributed by atoms with Gasteiger partial charge in [0.25, 0.3) is 0 Å². The number of nitrogens with zero attached hydrogens (tertiary/aromatic N) is 1. The topological polar surface area (TPSA) is 59.1 Å². The van der Waals surface area contributed by atoms with Gasteiger partial charge in [0.15, 0.2) is 0 Å². The van der Waals surface area contributed by atoms with Crippen LogP contribution in [0.4, 0.5) is 5.82 Å². The van der Waals surface area contributed by atoms with Gasteiger partial charge in [0.05, 0.1) is 5.60 Å². The average molecular weight is 208 g/mol. The minimum absolute atomic E-state index is 0.470. The fourth-order valence-electron chi connectivity index (χ4n) is 1.96. The Bertz CT molecular complexity index is 321. The van der Waals surface area contributed by atoms with Gasteiger partial charge in [-0.25, -0.2) is 4.98 Å². The predicted octanol–water partition coefficient (Wildman–Crippen LogP) is 2.00. The van der Waals surface area contributed by atoms with E-state index in [1.807, 2.05) is 19.1 Å². The highest BCUT2D eigenvalue weighted by Gasteiger charge is 2.23. The number of anilines is 1. The molecule has 0 amide bonds. The summed E-state index contributed by atoms with van der Waals surface area (Å²) in [5.74, 6) is 0.986. The molecule has 0 saturated heterocycles. The maximum Gasteiger partial charge on any atom is 0.126 e. The highest BCUT2D eigenvalue weighted by Crippen LogP contribution is 2.23. The summed E-state index contributed by atoms with van der Waals surface area (Å²) in [7, 11) is 0. The van der Waals surface area contributed by atoms with E-state index in [9.17, 15) is 5.11 Å². The summed E-state index contributed by atoms with van der Waals surface area (Å²) in [6.45, 7) is 6.04. The Kier molecular flexibility index (Phi) is 3.69. The minimum Gasteiger partial charge on any atom is -0.390 e. The van der Waals surface area contributed by atoms with Gasteiger partial charge in [-0.05, 0) is 30.9 Å². The van der Waals surface area contributed by atoms with Crippen LogP contribution in [-0.4, -0.2) is 15.7 Å². The number of hydrogen-bond acceptors (Lipinski definition) is 3. The van der Waals surface area contributed by atoms with E-state index < -0.39 is 5.60 Å². The Morgan fingerprint density at radius 3 is 2.73 bits per heavy atom. The van der Waals surface area contributed by atoms with E-state index in [0.717, 1.165) is 12.0 Å². The lowest BCUT2D eigenvalue weighted by Crippen LogP contribution is -2.29. The molecule has 0 aromatic carbocycles. The zero-order chi connectivity index (χ0) is 11.5. The zero-order valence-corrected chi connectivity index (χ0v) is 9.70. The van der Waals surface area contributed by atoms with Crippen molar-refractivity contribution < 1.29 is 5.11 Å². The Morgan fingerprint density at radius 2 is 2.20 bits per heavy atom. The molecule has 1 aromatic heterocycles. The standard InChI is InChI=1S/C12H20N2O/c1-9(2)7-12(3,15)8-10-5-4-6-14-11(10)13/h4-6,9,15H,7-8H2,1-3H3,(H2,13,14). The summed E-state index contributed by atoms with van der Waals surface area (Å²) < 4.78 is 0. The monoisotopic (exact) mass is 208 g/mol. The molecule has 1 aromatic rings. The molecule has 0 aliphatic rings. The molecule has 0 fully saturated rings. The van der Waals surface area contributed by atoms with Gasteiger partial charge in [-0.15, -0.1) is 0 Å². The molecule has 1 rings (SSSR count). The molecule has 1 unspecified atom stereocenters. The van der Waals surface area contributed by atoms with Crippen molar-refractivity contribution in [2.24, 2.45) is 5.92 Å². The average Bonchev–Trinajstić information content (AvgIpc) is 2.06. The number of rotatable bonds is 4. The summed E-state index contributed by atoms with van der Waals surface area (Å²) in [5.41, 5.74) is 5.95. The number of pyridine rings is 1. The third-order valence-corrected chi connectivity index (χ3v) is 2.35. The van der Waals surface area contributed by atoms with Crippen molar-refractivity contribution in [2.75, 3.05) is 5.73 Å². The maximum absolute atomic E-state index is 10.2. The van der Waals surface area contributed by atoms with Crippen molar-refractivity contribution in [1.82, 2.24) is 4.98 Å². The van der Waals surface area contributed by atoms with Crippen LogP contribution < -0.4 is 5.73 Å². The van der Waals surface area contributed by atoms with E-state index in [1.54, 1.807) is 6.20 Å². The van der Waals surface area contributed by atoms with Crippen molar-refractivity contribution in [1.29, 1.82) is 0 Å². The summed E-state index contributed by atoms with van der Waals surface area (Å²) in [6.07, 6.45) is 2.99. The molecular formula is C12H20N2O. The molecule has 0 spiro atoms. The Labute approximate surface area is 91.3 Å². The highest BCUT2D eigenvalue weighted by atomic mass is 16.3. The van der Waals surface area contributed by atoms with Crippen LogP contribution in [0.15, 0.2) is 18.3 Å². The van der Waals surface area contributed by atoms with E-state index in [1.165, 1.54) is 0 Å². The normalized spacial score (nSPS) is 15.3. The van der Waals surface area contributed by atoms with Crippen LogP contribution in [0.2, 0.25) is 0 Å². The summed E-state index contributed by atoms with van der Waals surface area (Å²) in [5, 5.41) is 10.2. The van der Waals surface area contributed by atoms with E-state index in [2.05, 4.69) is 18.8 Å². The predicted molar refractivity (Wildman–Crippen MR) is 62.4 cm³/mol. The van der Waals surface area contributed by atoms with Gasteiger partial charge in [0, 0.05) is 12.6 Å². The second-order valence-electron chi connectivity index (χ2n) is 4.82. The SMILES string of the molecule is CC(C)CC(C)(O)Cc1cccnc1N. The number of nitrogens with two attached hydrogens (primary N) is 1. The molecule has 0 aliphatic carbocycles. The van der Waals surface area contributed by atoms with Crippen LogP contribution in [0.25, 0.3) is 0 Å². The molecule has 1 atom stereocenters. The Balaban J connectivity index is 2.73. The molecule has 0 radical (unpaired) electrons. The van der Waals surface area contributed by atoms with Crippen LogP contribution in [0.5, 0.6) is 0 Å². The molecular weight excluding hydrogens is 188 g/mol. The second-order valence-corrected chi connectivity index (χ2v) is 4.82. The maximum atomic E-state index is 10.2. The lowest BCUT2D eigenvalue weighted by atomic mass is 9.88. The third-order valence-electron chi connectivity index (χ3n) is 2.35. The van der Waals surface area contributed by atoms with Crippen LogP contribution in [0.1, 0.15) is 32.8 Å². The zero-order valence-electron chi connectivity index (χ0n) is 9.70. The second kappa shape index (κ2) is 4.62. The van der Waals surface area contributed by atoms with Gasteiger partial charge >= 0.3 is 0 Å². The van der Waals surface area contributed by atoms with Gasteiger partial charge in [0.1, 0.15) is 5.82 Å². The van der Waals surface area contributed by atoms with E-state index in [4.69, 9.17) is 5.73 Å². The van der Waals surface area contributed by atoms with E-state index in [0.29, 0.717) is 18.2 Å². The molecule has 15 heavy (non-hydrogen) atoms. The van der Waals surface area contributed by atoms with Crippen LogP contribution >= 0.6 is 0 Å². The quantitative estimate of drug-likeness (QED) is 0.795. The number of aliphatic hydroxyl groups is 1. The largest absolute Gasteiger partial charge is 0.390 e. The fourth-order valence-corrected chi connectivity index (χ4v) is 1.96. The van der Waals surface area contributed by atoms with Gasteiger partial charge in [-0.2, -0.15) is 0 Å². The third kappa shape index (κ3) is 3.88.